The van der Waals surface area contributed by atoms with Crippen molar-refractivity contribution in [2.45, 2.75) is 12.8 Å². The molecule has 2 radical (unpaired) electrons. The molecule has 0 aromatic heterocycles. The van der Waals surface area contributed by atoms with E-state index in [2.05, 4.69) is 31.9 Å². The number of hydrogen-bond donors (Lipinski definition) is 2. The van der Waals surface area contributed by atoms with Gasteiger partial charge in [0.2, 0.25) is 0 Å². The van der Waals surface area contributed by atoms with Gasteiger partial charge in [0.15, 0.2) is 0 Å². The SMILES string of the molecule is O=C(O)c1cccc2ccccc12.O=C(O)c1cccc2ccccc12.[C-]1=CC=CC1.[C-]1=CC=CC1.[CH3-].[CH3-].[Si]=[Ti]. The summed E-state index contributed by atoms with van der Waals surface area (Å²) in [6.45, 7) is 0. The van der Waals surface area contributed by atoms with E-state index in [-0.39, 0.29) is 14.9 Å². The number of carboxylic acids is 2. The van der Waals surface area contributed by atoms with Crippen molar-refractivity contribution in [3.8, 4) is 0 Å². The van der Waals surface area contributed by atoms with Gasteiger partial charge < -0.3 is 25.1 Å². The summed E-state index contributed by atoms with van der Waals surface area (Å²) < 4.78 is 0. The van der Waals surface area contributed by atoms with Crippen molar-refractivity contribution in [1.29, 1.82) is 0 Å². The van der Waals surface area contributed by atoms with E-state index in [0.717, 1.165) is 34.4 Å². The van der Waals surface area contributed by atoms with Crippen molar-refractivity contribution in [2.24, 2.45) is 0 Å². The Morgan fingerprint density at radius 3 is 1.23 bits per heavy atom. The van der Waals surface area contributed by atoms with E-state index in [1.54, 1.807) is 43.4 Å². The molecule has 0 saturated carbocycles. The Bertz CT molecular complexity index is 1330. The number of benzene rings is 4. The van der Waals surface area contributed by atoms with Gasteiger partial charge in [0.25, 0.3) is 0 Å². The van der Waals surface area contributed by atoms with Crippen molar-refractivity contribution in [3.05, 3.63) is 160 Å². The summed E-state index contributed by atoms with van der Waals surface area (Å²) in [7, 11) is 2.97. The molecule has 0 atom stereocenters. The molecule has 0 heterocycles. The maximum atomic E-state index is 10.8. The van der Waals surface area contributed by atoms with Crippen LogP contribution in [-0.2, 0) is 19.2 Å². The zero-order chi connectivity index (χ0) is 27.6. The van der Waals surface area contributed by atoms with Crippen molar-refractivity contribution in [1.82, 2.24) is 0 Å². The van der Waals surface area contributed by atoms with Crippen molar-refractivity contribution in [3.63, 3.8) is 0 Å². The van der Waals surface area contributed by atoms with Crippen LogP contribution in [0.15, 0.2) is 121 Å². The Balaban J connectivity index is 0.000000526. The van der Waals surface area contributed by atoms with E-state index in [1.165, 1.54) is 0 Å². The third-order valence-electron chi connectivity index (χ3n) is 5.21. The second-order valence-corrected chi connectivity index (χ2v) is 7.67. The van der Waals surface area contributed by atoms with Crippen LogP contribution in [0.1, 0.15) is 33.6 Å². The monoisotopic (exact) mass is 580 g/mol. The van der Waals surface area contributed by atoms with Crippen LogP contribution in [0.3, 0.4) is 0 Å². The van der Waals surface area contributed by atoms with Gasteiger partial charge in [-0.05, 0) is 33.7 Å². The summed E-state index contributed by atoms with van der Waals surface area (Å²) in [6, 6.07) is 25.5. The molecule has 2 aliphatic carbocycles. The molecule has 0 spiro atoms. The quantitative estimate of drug-likeness (QED) is 0.185. The normalized spacial score (nSPS) is 11.1. The molecule has 204 valence electrons. The summed E-state index contributed by atoms with van der Waals surface area (Å²) in [4.78, 5) is 21.6. The number of carboxylic acid groups (broad SMARTS) is 2. The van der Waals surface area contributed by atoms with Crippen LogP contribution in [0, 0.1) is 27.0 Å². The number of hydrogen-bond acceptors (Lipinski definition) is 2. The molecular formula is C34H32O4SiTi-4. The van der Waals surface area contributed by atoms with Gasteiger partial charge in [-0.15, -0.1) is 12.8 Å². The Morgan fingerprint density at radius 2 is 0.950 bits per heavy atom. The summed E-state index contributed by atoms with van der Waals surface area (Å²) in [6.07, 6.45) is 20.0. The summed E-state index contributed by atoms with van der Waals surface area (Å²) in [5.74, 6) is -1.76. The Labute approximate surface area is 251 Å². The first-order valence-corrected chi connectivity index (χ1v) is 14.5. The molecule has 6 heteroatoms. The number of rotatable bonds is 2. The number of carbonyl (C=O) groups is 2. The second kappa shape index (κ2) is 21.1. The fraction of sp³-hybridized carbons (Fsp3) is 0.0588. The molecule has 0 bridgehead atoms. The first-order chi connectivity index (χ1) is 18.6. The van der Waals surface area contributed by atoms with Gasteiger partial charge in [0.05, 0.1) is 11.1 Å². The third-order valence-corrected chi connectivity index (χ3v) is 5.21. The fourth-order valence-corrected chi connectivity index (χ4v) is 3.50. The topological polar surface area (TPSA) is 74.6 Å². The number of fused-ring (bicyclic) bond motifs is 2. The molecule has 4 aromatic rings. The minimum absolute atomic E-state index is 0. The average Bonchev–Trinajstić information content (AvgIpc) is 3.74. The molecule has 0 unspecified atom stereocenters. The van der Waals surface area contributed by atoms with Crippen molar-refractivity contribution in [2.75, 3.05) is 0 Å². The van der Waals surface area contributed by atoms with Crippen LogP contribution < -0.4 is 0 Å². The van der Waals surface area contributed by atoms with Gasteiger partial charge in [-0.3, -0.25) is 12.2 Å². The van der Waals surface area contributed by atoms with E-state index in [4.69, 9.17) is 10.2 Å². The van der Waals surface area contributed by atoms with E-state index in [0.29, 0.717) is 11.1 Å². The predicted octanol–water partition coefficient (Wildman–Crippen LogP) is 8.20. The first-order valence-electron chi connectivity index (χ1n) is 11.7. The van der Waals surface area contributed by atoms with Crippen LogP contribution in [0.5, 0.6) is 0 Å². The van der Waals surface area contributed by atoms with E-state index in [1.807, 2.05) is 85.0 Å². The summed E-state index contributed by atoms with van der Waals surface area (Å²) in [5.41, 5.74) is 0.719. The van der Waals surface area contributed by atoms with E-state index in [9.17, 15) is 9.59 Å². The van der Waals surface area contributed by atoms with Crippen molar-refractivity contribution < 1.29 is 39.0 Å². The maximum absolute atomic E-state index is 10.8. The van der Waals surface area contributed by atoms with Gasteiger partial charge in [-0.1, -0.05) is 72.8 Å². The molecule has 0 amide bonds. The third kappa shape index (κ3) is 12.0. The van der Waals surface area contributed by atoms with Gasteiger partial charge in [-0.25, -0.2) is 33.9 Å². The van der Waals surface area contributed by atoms with Crippen LogP contribution in [0.4, 0.5) is 0 Å². The van der Waals surface area contributed by atoms with Gasteiger partial charge in [0.1, 0.15) is 0 Å². The van der Waals surface area contributed by atoms with Crippen molar-refractivity contribution >= 4 is 41.1 Å². The van der Waals surface area contributed by atoms with E-state index < -0.39 is 11.9 Å². The Hall–Kier alpha value is -3.77. The molecule has 0 saturated heterocycles. The Kier molecular flexibility index (Phi) is 19.1. The Morgan fingerprint density at radius 1 is 0.600 bits per heavy atom. The van der Waals surface area contributed by atoms with Crippen LogP contribution >= 0.6 is 0 Å². The van der Waals surface area contributed by atoms with E-state index >= 15 is 0 Å². The van der Waals surface area contributed by atoms with Crippen LogP contribution in [-0.4, -0.2) is 29.8 Å². The van der Waals surface area contributed by atoms with Crippen LogP contribution in [0.2, 0.25) is 0 Å². The fourth-order valence-electron chi connectivity index (χ4n) is 3.50. The second-order valence-electron chi connectivity index (χ2n) is 7.67. The molecule has 4 aromatic carbocycles. The predicted molar refractivity (Wildman–Crippen MR) is 164 cm³/mol. The number of allylic oxidation sites excluding steroid dienone is 8. The molecule has 0 aliphatic heterocycles. The molecule has 0 fully saturated rings. The molecule has 2 aliphatic rings. The van der Waals surface area contributed by atoms with Crippen LogP contribution in [0.25, 0.3) is 21.5 Å². The van der Waals surface area contributed by atoms with Gasteiger partial charge >= 0.3 is 38.7 Å². The van der Waals surface area contributed by atoms with Gasteiger partial charge in [0, 0.05) is 0 Å². The zero-order valence-corrected chi connectivity index (χ0v) is 25.2. The molecule has 40 heavy (non-hydrogen) atoms. The molecule has 2 N–H and O–H groups in total. The standard InChI is InChI=1S/2C11H8O2.2C5H5.2CH3.Si.Ti/c2*12-11(13)10-7-3-5-8-4-1-2-6-9(8)10;2*1-2-4-5-3-1;;;;/h2*1-7H,(H,12,13);2*1-3H,4H2;2*1H3;;/q;;4*-1;;. The molecular weight excluding hydrogens is 548 g/mol. The number of aromatic carboxylic acids is 2. The average molecular weight is 581 g/mol. The zero-order valence-electron chi connectivity index (χ0n) is 22.7. The minimum atomic E-state index is -0.878. The summed E-state index contributed by atoms with van der Waals surface area (Å²) >= 11 is 1.81. The molecule has 4 nitrogen and oxygen atoms in total. The summed E-state index contributed by atoms with van der Waals surface area (Å²) in [5, 5.41) is 21.3. The van der Waals surface area contributed by atoms with Gasteiger partial charge in [-0.2, -0.15) is 12.2 Å². The molecule has 6 rings (SSSR count). The first kappa shape index (κ1) is 36.2.